The van der Waals surface area contributed by atoms with Crippen LogP contribution < -0.4 is 10.5 Å². The van der Waals surface area contributed by atoms with Crippen LogP contribution in [0.4, 0.5) is 4.39 Å². The van der Waals surface area contributed by atoms with Gasteiger partial charge in [-0.3, -0.25) is 0 Å². The van der Waals surface area contributed by atoms with Gasteiger partial charge in [-0.25, -0.2) is 4.39 Å². The maximum Gasteiger partial charge on any atom is 0.124 e. The maximum atomic E-state index is 13.3. The Morgan fingerprint density at radius 1 is 1.24 bits per heavy atom. The number of halogens is 1. The number of nitrogens with zero attached hydrogens (tertiary/aromatic N) is 1. The van der Waals surface area contributed by atoms with Crippen LogP contribution in [0.5, 0.6) is 5.75 Å². The third-order valence-electron chi connectivity index (χ3n) is 3.24. The fraction of sp³-hybridized carbons (Fsp3) is 0.235. The Hall–Kier alpha value is -2.38. The molecule has 0 amide bonds. The first kappa shape index (κ1) is 15.0. The van der Waals surface area contributed by atoms with E-state index < -0.39 is 5.82 Å². The molecule has 1 atom stereocenters. The van der Waals surface area contributed by atoms with Crippen LogP contribution in [0.25, 0.3) is 0 Å². The highest BCUT2D eigenvalue weighted by atomic mass is 19.1. The summed E-state index contributed by atoms with van der Waals surface area (Å²) >= 11 is 0. The number of rotatable bonds is 5. The number of hydrogen-bond donors (Lipinski definition) is 1. The molecule has 0 spiro atoms. The molecule has 0 aliphatic heterocycles. The fourth-order valence-corrected chi connectivity index (χ4v) is 2.01. The summed E-state index contributed by atoms with van der Waals surface area (Å²) in [6, 6.07) is 13.7. The van der Waals surface area contributed by atoms with E-state index in [-0.39, 0.29) is 18.2 Å². The number of nitrogens with two attached hydrogens (primary N) is 1. The molecule has 2 aromatic carbocycles. The van der Waals surface area contributed by atoms with E-state index in [4.69, 9.17) is 15.7 Å². The van der Waals surface area contributed by atoms with Crippen LogP contribution in [0.2, 0.25) is 0 Å². The van der Waals surface area contributed by atoms with Gasteiger partial charge in [0.25, 0.3) is 0 Å². The van der Waals surface area contributed by atoms with Crippen LogP contribution >= 0.6 is 0 Å². The van der Waals surface area contributed by atoms with Crippen molar-refractivity contribution in [2.45, 2.75) is 26.0 Å². The Morgan fingerprint density at radius 2 is 1.95 bits per heavy atom. The molecule has 2 aromatic rings. The molecule has 0 bridgehead atoms. The Bertz CT molecular complexity index is 647. The zero-order valence-corrected chi connectivity index (χ0v) is 11.8. The summed E-state index contributed by atoms with van der Waals surface area (Å²) in [5.41, 5.74) is 7.92. The topological polar surface area (TPSA) is 59.0 Å². The van der Waals surface area contributed by atoms with Crippen molar-refractivity contribution in [2.75, 3.05) is 0 Å². The van der Waals surface area contributed by atoms with Gasteiger partial charge in [-0.05, 0) is 47.9 Å². The van der Waals surface area contributed by atoms with Gasteiger partial charge in [0.2, 0.25) is 0 Å². The second-order valence-electron chi connectivity index (χ2n) is 4.83. The van der Waals surface area contributed by atoms with Crippen molar-refractivity contribution in [2.24, 2.45) is 5.73 Å². The van der Waals surface area contributed by atoms with E-state index in [1.807, 2.05) is 37.3 Å². The predicted octanol–water partition coefficient (Wildman–Crippen LogP) is 3.69. The van der Waals surface area contributed by atoms with Gasteiger partial charge in [-0.1, -0.05) is 19.1 Å². The minimum atomic E-state index is -0.433. The summed E-state index contributed by atoms with van der Waals surface area (Å²) < 4.78 is 18.9. The lowest BCUT2D eigenvalue weighted by Crippen LogP contribution is -2.08. The molecule has 3 nitrogen and oxygen atoms in total. The van der Waals surface area contributed by atoms with Crippen molar-refractivity contribution in [3.63, 3.8) is 0 Å². The third kappa shape index (κ3) is 4.04. The summed E-state index contributed by atoms with van der Waals surface area (Å²) in [4.78, 5) is 0. The van der Waals surface area contributed by atoms with Gasteiger partial charge in [0.1, 0.15) is 18.2 Å². The number of hydrogen-bond acceptors (Lipinski definition) is 3. The van der Waals surface area contributed by atoms with Crippen molar-refractivity contribution in [1.82, 2.24) is 0 Å². The molecule has 0 unspecified atom stereocenters. The lowest BCUT2D eigenvalue weighted by molar-refractivity contribution is 0.305. The SMILES string of the molecule is CC[C@@H](N)c1ccc(OCc2cc(F)cc(C#N)c2)cc1. The summed E-state index contributed by atoms with van der Waals surface area (Å²) in [6.07, 6.45) is 0.875. The van der Waals surface area contributed by atoms with E-state index in [2.05, 4.69) is 0 Å². The van der Waals surface area contributed by atoms with Crippen LogP contribution in [0.3, 0.4) is 0 Å². The number of nitriles is 1. The summed E-state index contributed by atoms with van der Waals surface area (Å²) in [5.74, 6) is 0.252. The minimum Gasteiger partial charge on any atom is -0.489 e. The fourth-order valence-electron chi connectivity index (χ4n) is 2.01. The van der Waals surface area contributed by atoms with Gasteiger partial charge in [-0.2, -0.15) is 5.26 Å². The first-order valence-corrected chi connectivity index (χ1v) is 6.80. The molecule has 2 N–H and O–H groups in total. The molecule has 0 heterocycles. The van der Waals surface area contributed by atoms with Crippen LogP contribution in [0, 0.1) is 17.1 Å². The average molecular weight is 284 g/mol. The Morgan fingerprint density at radius 3 is 2.57 bits per heavy atom. The standard InChI is InChI=1S/C17H17FN2O/c1-2-17(20)14-3-5-16(6-4-14)21-11-13-7-12(10-19)8-15(18)9-13/h3-9,17H,2,11,20H2,1H3/t17-/m1/s1. The highest BCUT2D eigenvalue weighted by Gasteiger charge is 2.04. The Labute approximate surface area is 123 Å². The van der Waals surface area contributed by atoms with E-state index in [0.717, 1.165) is 12.0 Å². The van der Waals surface area contributed by atoms with Gasteiger partial charge < -0.3 is 10.5 Å². The molecule has 0 aliphatic rings. The van der Waals surface area contributed by atoms with Crippen molar-refractivity contribution >= 4 is 0 Å². The minimum absolute atomic E-state index is 0.0282. The molecule has 21 heavy (non-hydrogen) atoms. The van der Waals surface area contributed by atoms with E-state index in [0.29, 0.717) is 11.3 Å². The van der Waals surface area contributed by atoms with Gasteiger partial charge in [-0.15, -0.1) is 0 Å². The maximum absolute atomic E-state index is 13.3. The zero-order chi connectivity index (χ0) is 15.2. The monoisotopic (exact) mass is 284 g/mol. The van der Waals surface area contributed by atoms with Crippen molar-refractivity contribution in [1.29, 1.82) is 5.26 Å². The van der Waals surface area contributed by atoms with Crippen molar-refractivity contribution in [3.05, 3.63) is 65.0 Å². The molecule has 0 radical (unpaired) electrons. The second-order valence-corrected chi connectivity index (χ2v) is 4.83. The Balaban J connectivity index is 2.03. The molecule has 0 saturated carbocycles. The molecule has 2 rings (SSSR count). The van der Waals surface area contributed by atoms with Gasteiger partial charge in [0.15, 0.2) is 0 Å². The average Bonchev–Trinajstić information content (AvgIpc) is 2.52. The van der Waals surface area contributed by atoms with E-state index in [1.165, 1.54) is 12.1 Å². The summed E-state index contributed by atoms with van der Waals surface area (Å²) in [7, 11) is 0. The van der Waals surface area contributed by atoms with Gasteiger partial charge >= 0.3 is 0 Å². The molecular formula is C17H17FN2O. The lowest BCUT2D eigenvalue weighted by atomic mass is 10.1. The molecule has 0 fully saturated rings. The molecule has 4 heteroatoms. The smallest absolute Gasteiger partial charge is 0.124 e. The highest BCUT2D eigenvalue weighted by molar-refractivity contribution is 5.34. The van der Waals surface area contributed by atoms with Crippen molar-refractivity contribution in [3.8, 4) is 11.8 Å². The van der Waals surface area contributed by atoms with E-state index >= 15 is 0 Å². The van der Waals surface area contributed by atoms with Crippen LogP contribution in [-0.2, 0) is 6.61 Å². The second kappa shape index (κ2) is 6.87. The van der Waals surface area contributed by atoms with Crippen molar-refractivity contribution < 1.29 is 9.13 Å². The molecule has 0 aliphatic carbocycles. The predicted molar refractivity (Wildman–Crippen MR) is 79.1 cm³/mol. The quantitative estimate of drug-likeness (QED) is 0.911. The first-order chi connectivity index (χ1) is 10.1. The van der Waals surface area contributed by atoms with Crippen LogP contribution in [-0.4, -0.2) is 0 Å². The normalized spacial score (nSPS) is 11.7. The summed E-state index contributed by atoms with van der Waals surface area (Å²) in [6.45, 7) is 2.25. The van der Waals surface area contributed by atoms with Crippen LogP contribution in [0.1, 0.15) is 36.1 Å². The van der Waals surface area contributed by atoms with Gasteiger partial charge in [0.05, 0.1) is 11.6 Å². The summed E-state index contributed by atoms with van der Waals surface area (Å²) in [5, 5.41) is 8.81. The number of benzene rings is 2. The zero-order valence-electron chi connectivity index (χ0n) is 11.8. The highest BCUT2D eigenvalue weighted by Crippen LogP contribution is 2.19. The largest absolute Gasteiger partial charge is 0.489 e. The molecule has 0 saturated heterocycles. The molecule has 108 valence electrons. The van der Waals surface area contributed by atoms with Gasteiger partial charge in [0, 0.05) is 6.04 Å². The van der Waals surface area contributed by atoms with Crippen LogP contribution in [0.15, 0.2) is 42.5 Å². The van der Waals surface area contributed by atoms with E-state index in [1.54, 1.807) is 6.07 Å². The first-order valence-electron chi connectivity index (χ1n) is 6.80. The number of ether oxygens (including phenoxy) is 1. The van der Waals surface area contributed by atoms with E-state index in [9.17, 15) is 4.39 Å². The molecular weight excluding hydrogens is 267 g/mol. The Kier molecular flexibility index (Phi) is 4.91. The lowest BCUT2D eigenvalue weighted by Gasteiger charge is -2.11. The third-order valence-corrected chi connectivity index (χ3v) is 3.24. The molecule has 0 aromatic heterocycles.